The predicted octanol–water partition coefficient (Wildman–Crippen LogP) is 4.69. The highest BCUT2D eigenvalue weighted by atomic mass is 35.5. The van der Waals surface area contributed by atoms with Crippen molar-refractivity contribution in [3.63, 3.8) is 0 Å². The second kappa shape index (κ2) is 5.95. The van der Waals surface area contributed by atoms with Gasteiger partial charge in [0.2, 0.25) is 0 Å². The standard InChI is InChI=1S/C16H9Cl2NO4/c17-10-2-4-13-9(5-10)7-14(23-13)15(20)19-12-6-8(16(21)22)1-3-11(12)18/h1-7H,(H,19,20)(H,21,22). The molecule has 1 amide bonds. The van der Waals surface area contributed by atoms with Crippen LogP contribution in [0.5, 0.6) is 0 Å². The molecule has 3 aromatic rings. The van der Waals surface area contributed by atoms with E-state index in [1.54, 1.807) is 24.3 Å². The molecule has 0 fully saturated rings. The number of carboxylic acids is 1. The number of hydrogen-bond acceptors (Lipinski definition) is 3. The lowest BCUT2D eigenvalue weighted by atomic mass is 10.2. The van der Waals surface area contributed by atoms with Crippen LogP contribution in [0, 0.1) is 0 Å². The minimum atomic E-state index is -1.12. The van der Waals surface area contributed by atoms with Crippen molar-refractivity contribution >= 4 is 51.7 Å². The smallest absolute Gasteiger partial charge is 0.335 e. The molecule has 2 N–H and O–H groups in total. The topological polar surface area (TPSA) is 79.5 Å². The Morgan fingerprint density at radius 1 is 1.04 bits per heavy atom. The lowest BCUT2D eigenvalue weighted by molar-refractivity contribution is 0.0696. The van der Waals surface area contributed by atoms with E-state index in [0.717, 1.165) is 0 Å². The number of furan rings is 1. The van der Waals surface area contributed by atoms with Crippen LogP contribution in [-0.4, -0.2) is 17.0 Å². The highest BCUT2D eigenvalue weighted by Gasteiger charge is 2.15. The molecule has 0 atom stereocenters. The second-order valence-electron chi connectivity index (χ2n) is 4.75. The predicted molar refractivity (Wildman–Crippen MR) is 87.6 cm³/mol. The molecule has 0 saturated heterocycles. The van der Waals surface area contributed by atoms with E-state index in [1.165, 1.54) is 18.2 Å². The highest BCUT2D eigenvalue weighted by molar-refractivity contribution is 6.34. The minimum Gasteiger partial charge on any atom is -0.478 e. The average Bonchev–Trinajstić information content (AvgIpc) is 2.92. The Hall–Kier alpha value is -2.50. The normalized spacial score (nSPS) is 10.7. The van der Waals surface area contributed by atoms with Crippen molar-refractivity contribution < 1.29 is 19.1 Å². The van der Waals surface area contributed by atoms with Crippen LogP contribution in [0.3, 0.4) is 0 Å². The summed E-state index contributed by atoms with van der Waals surface area (Å²) in [7, 11) is 0. The molecular weight excluding hydrogens is 341 g/mol. The van der Waals surface area contributed by atoms with Gasteiger partial charge in [0.05, 0.1) is 16.3 Å². The number of carbonyl (C=O) groups is 2. The summed E-state index contributed by atoms with van der Waals surface area (Å²) in [4.78, 5) is 23.2. The maximum absolute atomic E-state index is 12.3. The van der Waals surface area contributed by atoms with Gasteiger partial charge in [-0.15, -0.1) is 0 Å². The first kappa shape index (κ1) is 15.4. The van der Waals surface area contributed by atoms with Crippen LogP contribution in [0.4, 0.5) is 5.69 Å². The first-order chi connectivity index (χ1) is 10.9. The van der Waals surface area contributed by atoms with Crippen molar-refractivity contribution in [2.24, 2.45) is 0 Å². The lowest BCUT2D eigenvalue weighted by Crippen LogP contribution is -2.12. The van der Waals surface area contributed by atoms with E-state index in [4.69, 9.17) is 32.7 Å². The first-order valence-electron chi connectivity index (χ1n) is 6.47. The van der Waals surface area contributed by atoms with Gasteiger partial charge in [-0.2, -0.15) is 0 Å². The van der Waals surface area contributed by atoms with Gasteiger partial charge >= 0.3 is 5.97 Å². The molecule has 0 aliphatic rings. The third-order valence-corrected chi connectivity index (χ3v) is 3.73. The number of halogens is 2. The third kappa shape index (κ3) is 3.16. The number of rotatable bonds is 3. The van der Waals surface area contributed by atoms with E-state index in [0.29, 0.717) is 16.0 Å². The number of hydrogen-bond donors (Lipinski definition) is 2. The Morgan fingerprint density at radius 3 is 2.57 bits per heavy atom. The van der Waals surface area contributed by atoms with E-state index in [1.807, 2.05) is 0 Å². The van der Waals surface area contributed by atoms with E-state index < -0.39 is 11.9 Å². The quantitative estimate of drug-likeness (QED) is 0.718. The largest absolute Gasteiger partial charge is 0.478 e. The van der Waals surface area contributed by atoms with Gasteiger partial charge < -0.3 is 14.8 Å². The van der Waals surface area contributed by atoms with E-state index in [9.17, 15) is 9.59 Å². The fourth-order valence-corrected chi connectivity index (χ4v) is 2.41. The summed E-state index contributed by atoms with van der Waals surface area (Å²) in [6.07, 6.45) is 0. The van der Waals surface area contributed by atoms with Gasteiger partial charge in [-0.1, -0.05) is 23.2 Å². The maximum Gasteiger partial charge on any atom is 0.335 e. The molecule has 116 valence electrons. The van der Waals surface area contributed by atoms with Gasteiger partial charge in [0.15, 0.2) is 5.76 Å². The van der Waals surface area contributed by atoms with Crippen LogP contribution in [0.1, 0.15) is 20.9 Å². The lowest BCUT2D eigenvalue weighted by Gasteiger charge is -2.06. The fraction of sp³-hybridized carbons (Fsp3) is 0. The number of carboxylic acid groups (broad SMARTS) is 1. The summed E-state index contributed by atoms with van der Waals surface area (Å²) in [6, 6.07) is 10.6. The Morgan fingerprint density at radius 2 is 1.83 bits per heavy atom. The Balaban J connectivity index is 1.91. The van der Waals surface area contributed by atoms with E-state index >= 15 is 0 Å². The van der Waals surface area contributed by atoms with Gasteiger partial charge in [0.25, 0.3) is 5.91 Å². The van der Waals surface area contributed by atoms with Crippen molar-refractivity contribution in [2.45, 2.75) is 0 Å². The summed E-state index contributed by atoms with van der Waals surface area (Å²) in [5.74, 6) is -1.59. The van der Waals surface area contributed by atoms with Gasteiger partial charge in [-0.3, -0.25) is 4.79 Å². The van der Waals surface area contributed by atoms with Crippen LogP contribution in [0.15, 0.2) is 46.9 Å². The molecule has 0 aliphatic heterocycles. The van der Waals surface area contributed by atoms with Gasteiger partial charge in [-0.25, -0.2) is 4.79 Å². The highest BCUT2D eigenvalue weighted by Crippen LogP contribution is 2.26. The molecule has 23 heavy (non-hydrogen) atoms. The molecule has 0 bridgehead atoms. The molecule has 0 unspecified atom stereocenters. The van der Waals surface area contributed by atoms with Crippen molar-refractivity contribution in [1.29, 1.82) is 0 Å². The van der Waals surface area contributed by atoms with Crippen LogP contribution in [-0.2, 0) is 0 Å². The molecule has 3 rings (SSSR count). The van der Waals surface area contributed by atoms with Crippen molar-refractivity contribution in [1.82, 2.24) is 0 Å². The molecule has 2 aromatic carbocycles. The molecule has 7 heteroatoms. The Labute approximate surface area is 140 Å². The van der Waals surface area contributed by atoms with Crippen molar-refractivity contribution in [3.8, 4) is 0 Å². The molecule has 1 aromatic heterocycles. The third-order valence-electron chi connectivity index (χ3n) is 3.16. The van der Waals surface area contributed by atoms with Crippen molar-refractivity contribution in [2.75, 3.05) is 5.32 Å². The zero-order valence-corrected chi connectivity index (χ0v) is 13.0. The SMILES string of the molecule is O=C(O)c1ccc(Cl)c(NC(=O)c2cc3cc(Cl)ccc3o2)c1. The van der Waals surface area contributed by atoms with Crippen LogP contribution in [0.2, 0.25) is 10.0 Å². The number of fused-ring (bicyclic) bond motifs is 1. The molecule has 0 saturated carbocycles. The summed E-state index contributed by atoms with van der Waals surface area (Å²) in [6.45, 7) is 0. The Bertz CT molecular complexity index is 933. The minimum absolute atomic E-state index is 0.0149. The van der Waals surface area contributed by atoms with Crippen LogP contribution >= 0.6 is 23.2 Å². The van der Waals surface area contributed by atoms with Crippen LogP contribution < -0.4 is 5.32 Å². The average molecular weight is 350 g/mol. The van der Waals surface area contributed by atoms with Gasteiger partial charge in [0, 0.05) is 10.4 Å². The number of carbonyl (C=O) groups excluding carboxylic acids is 1. The summed E-state index contributed by atoms with van der Waals surface area (Å²) < 4.78 is 5.44. The molecular formula is C16H9Cl2NO4. The van der Waals surface area contributed by atoms with Crippen molar-refractivity contribution in [3.05, 3.63) is 63.8 Å². The second-order valence-corrected chi connectivity index (χ2v) is 5.59. The van der Waals surface area contributed by atoms with E-state index in [-0.39, 0.29) is 22.0 Å². The first-order valence-corrected chi connectivity index (χ1v) is 7.23. The zero-order valence-electron chi connectivity index (χ0n) is 11.5. The molecule has 5 nitrogen and oxygen atoms in total. The summed E-state index contributed by atoms with van der Waals surface area (Å²) >= 11 is 11.9. The number of amides is 1. The molecule has 0 radical (unpaired) electrons. The number of aromatic carboxylic acids is 1. The van der Waals surface area contributed by atoms with Crippen LogP contribution in [0.25, 0.3) is 11.0 Å². The monoisotopic (exact) mass is 349 g/mol. The van der Waals surface area contributed by atoms with Gasteiger partial charge in [0.1, 0.15) is 5.58 Å². The molecule has 0 aliphatic carbocycles. The fourth-order valence-electron chi connectivity index (χ4n) is 2.06. The zero-order chi connectivity index (χ0) is 16.6. The molecule has 1 heterocycles. The summed E-state index contributed by atoms with van der Waals surface area (Å²) in [5.41, 5.74) is 0.723. The van der Waals surface area contributed by atoms with Gasteiger partial charge in [-0.05, 0) is 42.5 Å². The Kier molecular flexibility index (Phi) is 3.98. The van der Waals surface area contributed by atoms with E-state index in [2.05, 4.69) is 5.32 Å². The number of nitrogens with one attached hydrogen (secondary N) is 1. The molecule has 0 spiro atoms. The number of benzene rings is 2. The number of anilines is 1. The summed E-state index contributed by atoms with van der Waals surface area (Å²) in [5, 5.41) is 13.0. The maximum atomic E-state index is 12.3.